The van der Waals surface area contributed by atoms with E-state index < -0.39 is 11.7 Å². The van der Waals surface area contributed by atoms with Gasteiger partial charge in [-0.1, -0.05) is 27.7 Å². The molecule has 2 heterocycles. The van der Waals surface area contributed by atoms with Crippen molar-refractivity contribution < 1.29 is 18.0 Å². The molecular formula is C21H26F3N3O. The van der Waals surface area contributed by atoms with Gasteiger partial charge in [0.15, 0.2) is 0 Å². The highest BCUT2D eigenvalue weighted by Crippen LogP contribution is 2.68. The van der Waals surface area contributed by atoms with Gasteiger partial charge in [0.25, 0.3) is 0 Å². The van der Waals surface area contributed by atoms with Crippen LogP contribution in [0.1, 0.15) is 52.1 Å². The number of alkyl halides is 3. The number of fused-ring (bicyclic) bond motifs is 1. The van der Waals surface area contributed by atoms with Gasteiger partial charge in [0.05, 0.1) is 22.9 Å². The Kier molecular flexibility index (Phi) is 4.11. The Morgan fingerprint density at radius 3 is 2.25 bits per heavy atom. The van der Waals surface area contributed by atoms with Gasteiger partial charge in [-0.05, 0) is 41.9 Å². The molecule has 0 atom stereocenters. The van der Waals surface area contributed by atoms with E-state index in [2.05, 4.69) is 32.7 Å². The van der Waals surface area contributed by atoms with Gasteiger partial charge in [-0.3, -0.25) is 4.79 Å². The first-order chi connectivity index (χ1) is 12.9. The Bertz CT molecular complexity index is 907. The molecule has 1 saturated carbocycles. The number of halogens is 3. The summed E-state index contributed by atoms with van der Waals surface area (Å²) in [7, 11) is 0. The highest BCUT2D eigenvalue weighted by molar-refractivity contribution is 5.84. The lowest BCUT2D eigenvalue weighted by molar-refractivity contribution is -0.137. The third kappa shape index (κ3) is 2.81. The number of nitrogens with zero attached hydrogens (tertiary/aromatic N) is 3. The maximum Gasteiger partial charge on any atom is 0.416 e. The Morgan fingerprint density at radius 1 is 1.11 bits per heavy atom. The van der Waals surface area contributed by atoms with Gasteiger partial charge < -0.3 is 9.47 Å². The number of hydrogen-bond acceptors (Lipinski definition) is 2. The number of benzene rings is 1. The van der Waals surface area contributed by atoms with Crippen LogP contribution in [0.2, 0.25) is 0 Å². The van der Waals surface area contributed by atoms with Crippen molar-refractivity contribution in [2.75, 3.05) is 13.1 Å². The summed E-state index contributed by atoms with van der Waals surface area (Å²) in [4.78, 5) is 19.1. The molecule has 1 aliphatic carbocycles. The predicted octanol–water partition coefficient (Wildman–Crippen LogP) is 4.90. The summed E-state index contributed by atoms with van der Waals surface area (Å²) in [6.07, 6.45) is -1.17. The fourth-order valence-corrected chi connectivity index (χ4v) is 4.86. The lowest BCUT2D eigenvalue weighted by atomic mass is 10.0. The summed E-state index contributed by atoms with van der Waals surface area (Å²) in [6.45, 7) is 9.94. The monoisotopic (exact) mass is 393 g/mol. The summed E-state index contributed by atoms with van der Waals surface area (Å²) in [6, 6.07) is 3.85. The molecule has 1 saturated heterocycles. The third-order valence-electron chi connectivity index (χ3n) is 7.34. The number of aromatic nitrogens is 2. The van der Waals surface area contributed by atoms with Crippen LogP contribution in [0, 0.1) is 16.7 Å². The summed E-state index contributed by atoms with van der Waals surface area (Å²) in [5.41, 5.74) is 0.437. The highest BCUT2D eigenvalue weighted by Gasteiger charge is 2.68. The highest BCUT2D eigenvalue weighted by atomic mass is 19.4. The molecule has 0 spiro atoms. The van der Waals surface area contributed by atoms with Crippen LogP contribution in [-0.4, -0.2) is 33.4 Å². The minimum atomic E-state index is -4.37. The molecule has 0 radical (unpaired) electrons. The van der Waals surface area contributed by atoms with E-state index in [-0.39, 0.29) is 28.7 Å². The lowest BCUT2D eigenvalue weighted by Crippen LogP contribution is -2.40. The number of rotatable bonds is 2. The van der Waals surface area contributed by atoms with Gasteiger partial charge >= 0.3 is 6.18 Å². The molecule has 152 valence electrons. The Balaban J connectivity index is 1.47. The first-order valence-electron chi connectivity index (χ1n) is 9.77. The minimum absolute atomic E-state index is 0.0255. The molecule has 0 unspecified atom stereocenters. The second kappa shape index (κ2) is 5.97. The van der Waals surface area contributed by atoms with Crippen LogP contribution in [0.25, 0.3) is 11.0 Å². The van der Waals surface area contributed by atoms with Gasteiger partial charge in [0.2, 0.25) is 5.91 Å². The maximum atomic E-state index is 12.9. The first-order valence-corrected chi connectivity index (χ1v) is 9.77. The molecule has 0 N–H and O–H groups in total. The van der Waals surface area contributed by atoms with Crippen molar-refractivity contribution in [1.29, 1.82) is 0 Å². The van der Waals surface area contributed by atoms with E-state index in [1.807, 2.05) is 9.47 Å². The molecule has 7 heteroatoms. The van der Waals surface area contributed by atoms with Crippen molar-refractivity contribution in [3.63, 3.8) is 0 Å². The summed E-state index contributed by atoms with van der Waals surface area (Å²) < 4.78 is 40.7. The van der Waals surface area contributed by atoms with E-state index in [1.54, 1.807) is 6.33 Å². The van der Waals surface area contributed by atoms with Gasteiger partial charge in [0, 0.05) is 25.0 Å². The summed E-state index contributed by atoms with van der Waals surface area (Å²) >= 11 is 0. The van der Waals surface area contributed by atoms with Crippen LogP contribution < -0.4 is 0 Å². The number of amides is 1. The topological polar surface area (TPSA) is 38.1 Å². The third-order valence-corrected chi connectivity index (χ3v) is 7.34. The van der Waals surface area contributed by atoms with Gasteiger partial charge in [-0.25, -0.2) is 4.98 Å². The zero-order valence-electron chi connectivity index (χ0n) is 16.7. The average molecular weight is 393 g/mol. The van der Waals surface area contributed by atoms with Gasteiger partial charge in [0.1, 0.15) is 0 Å². The minimum Gasteiger partial charge on any atom is -0.342 e. The SMILES string of the molecule is CC1(C)C(C(=O)N2CCC(n3cnc4cc(C(F)(F)F)ccc43)CC2)C1(C)C. The van der Waals surface area contributed by atoms with Crippen molar-refractivity contribution in [3.05, 3.63) is 30.1 Å². The van der Waals surface area contributed by atoms with Crippen LogP contribution in [-0.2, 0) is 11.0 Å². The number of carbonyl (C=O) groups is 1. The largest absolute Gasteiger partial charge is 0.416 e. The lowest BCUT2D eigenvalue weighted by Gasteiger charge is -2.33. The summed E-state index contributed by atoms with van der Waals surface area (Å²) in [5, 5.41) is 0. The van der Waals surface area contributed by atoms with E-state index in [1.165, 1.54) is 6.07 Å². The molecule has 28 heavy (non-hydrogen) atoms. The second-order valence-corrected chi connectivity index (χ2v) is 9.29. The van der Waals surface area contributed by atoms with Crippen LogP contribution in [0.15, 0.2) is 24.5 Å². The smallest absolute Gasteiger partial charge is 0.342 e. The molecule has 1 aromatic heterocycles. The van der Waals surface area contributed by atoms with Crippen LogP contribution in [0.5, 0.6) is 0 Å². The second-order valence-electron chi connectivity index (χ2n) is 9.29. The molecule has 4 rings (SSSR count). The molecule has 2 aliphatic rings. The molecular weight excluding hydrogens is 367 g/mol. The zero-order chi connectivity index (χ0) is 20.5. The van der Waals surface area contributed by atoms with Crippen molar-refractivity contribution in [3.8, 4) is 0 Å². The molecule has 1 amide bonds. The van der Waals surface area contributed by atoms with Crippen molar-refractivity contribution in [1.82, 2.24) is 14.5 Å². The maximum absolute atomic E-state index is 12.9. The number of imidazole rings is 1. The van der Waals surface area contributed by atoms with E-state index in [0.717, 1.165) is 25.0 Å². The fourth-order valence-electron chi connectivity index (χ4n) is 4.86. The molecule has 2 fully saturated rings. The van der Waals surface area contributed by atoms with Crippen LogP contribution in [0.3, 0.4) is 0 Å². The molecule has 4 nitrogen and oxygen atoms in total. The van der Waals surface area contributed by atoms with Crippen LogP contribution in [0.4, 0.5) is 13.2 Å². The fraction of sp³-hybridized carbons (Fsp3) is 0.619. The van der Waals surface area contributed by atoms with Crippen molar-refractivity contribution >= 4 is 16.9 Å². The van der Waals surface area contributed by atoms with Gasteiger partial charge in [-0.15, -0.1) is 0 Å². The first kappa shape index (κ1) is 19.3. The van der Waals surface area contributed by atoms with E-state index in [0.29, 0.717) is 24.1 Å². The Hall–Kier alpha value is -2.05. The number of likely N-dealkylation sites (tertiary alicyclic amines) is 1. The standard InChI is InChI=1S/C21H26F3N3O/c1-19(2)17(20(19,3)4)18(28)26-9-7-14(8-10-26)27-12-25-15-11-13(21(22,23)24)5-6-16(15)27/h5-6,11-12,14,17H,7-10H2,1-4H3. The molecule has 0 bridgehead atoms. The van der Waals surface area contributed by atoms with E-state index in [4.69, 9.17) is 0 Å². The van der Waals surface area contributed by atoms with Crippen LogP contribution >= 0.6 is 0 Å². The Morgan fingerprint density at radius 2 is 1.71 bits per heavy atom. The normalized spacial score (nSPS) is 22.6. The van der Waals surface area contributed by atoms with Crippen molar-refractivity contribution in [2.45, 2.75) is 52.8 Å². The van der Waals surface area contributed by atoms with Gasteiger partial charge in [-0.2, -0.15) is 13.2 Å². The van der Waals surface area contributed by atoms with E-state index >= 15 is 0 Å². The Labute approximate surface area is 162 Å². The molecule has 1 aromatic carbocycles. The molecule has 2 aromatic rings. The number of hydrogen-bond donors (Lipinski definition) is 0. The summed E-state index contributed by atoms with van der Waals surface area (Å²) in [5.74, 6) is 0.296. The number of carbonyl (C=O) groups excluding carboxylic acids is 1. The number of piperidine rings is 1. The zero-order valence-corrected chi connectivity index (χ0v) is 16.7. The predicted molar refractivity (Wildman–Crippen MR) is 101 cm³/mol. The average Bonchev–Trinajstić information content (AvgIpc) is 2.92. The quantitative estimate of drug-likeness (QED) is 0.728. The van der Waals surface area contributed by atoms with Crippen molar-refractivity contribution in [2.24, 2.45) is 16.7 Å². The molecule has 1 aliphatic heterocycles. The van der Waals surface area contributed by atoms with E-state index in [9.17, 15) is 18.0 Å².